The Morgan fingerprint density at radius 1 is 0.769 bits per heavy atom. The molecule has 156 valence electrons. The predicted molar refractivity (Wildman–Crippen MR) is 89.5 cm³/mol. The van der Waals surface area contributed by atoms with Crippen molar-refractivity contribution in [3.63, 3.8) is 0 Å². The summed E-state index contributed by atoms with van der Waals surface area (Å²) >= 11 is 0. The molecule has 1 aliphatic carbocycles. The minimum Gasteiger partial charge on any atom is -0.373 e. The second kappa shape index (κ2) is 7.17. The summed E-state index contributed by atoms with van der Waals surface area (Å²) in [6, 6.07) is 0. The summed E-state index contributed by atoms with van der Waals surface area (Å²) in [5.74, 6) is -1.57. The van der Waals surface area contributed by atoms with Crippen molar-refractivity contribution < 1.29 is 31.4 Å². The molecule has 0 heterocycles. The fourth-order valence-corrected chi connectivity index (χ4v) is 4.40. The van der Waals surface area contributed by atoms with Crippen LogP contribution in [0.3, 0.4) is 0 Å². The van der Waals surface area contributed by atoms with Gasteiger partial charge in [0.2, 0.25) is 0 Å². The van der Waals surface area contributed by atoms with Gasteiger partial charge in [0.05, 0.1) is 0 Å². The molecule has 0 aromatic rings. The highest BCUT2D eigenvalue weighted by molar-refractivity contribution is 5.01. The van der Waals surface area contributed by atoms with Crippen LogP contribution in [0.4, 0.5) is 26.3 Å². The van der Waals surface area contributed by atoms with E-state index in [1.54, 1.807) is 0 Å². The van der Waals surface area contributed by atoms with Gasteiger partial charge in [0, 0.05) is 5.92 Å². The van der Waals surface area contributed by atoms with Crippen LogP contribution in [-0.4, -0.2) is 23.1 Å². The predicted octanol–water partition coefficient (Wildman–Crippen LogP) is 6.75. The summed E-state index contributed by atoms with van der Waals surface area (Å²) in [6.45, 7) is 12.5. The van der Waals surface area contributed by atoms with E-state index >= 15 is 0 Å². The maximum Gasteiger partial charge on any atom is 0.426 e. The molecule has 0 bridgehead atoms. The first-order valence-corrected chi connectivity index (χ1v) is 9.16. The van der Waals surface area contributed by atoms with E-state index in [0.717, 1.165) is 6.42 Å². The van der Waals surface area contributed by atoms with Gasteiger partial charge in [0.15, 0.2) is 0 Å². The van der Waals surface area contributed by atoms with Gasteiger partial charge in [-0.15, -0.1) is 0 Å². The van der Waals surface area contributed by atoms with Gasteiger partial charge in [0.1, 0.15) is 0 Å². The Labute approximate surface area is 152 Å². The molecule has 1 aliphatic rings. The van der Waals surface area contributed by atoms with Crippen LogP contribution in [0.2, 0.25) is 0 Å². The highest BCUT2D eigenvalue weighted by Gasteiger charge is 2.73. The maximum absolute atomic E-state index is 13.1. The second-order valence-corrected chi connectivity index (χ2v) is 10.1. The molecule has 26 heavy (non-hydrogen) atoms. The van der Waals surface area contributed by atoms with E-state index < -0.39 is 23.9 Å². The van der Waals surface area contributed by atoms with Crippen LogP contribution in [0.5, 0.6) is 0 Å². The third-order valence-electron chi connectivity index (χ3n) is 5.74. The van der Waals surface area contributed by atoms with E-state index in [0.29, 0.717) is 0 Å². The van der Waals surface area contributed by atoms with E-state index in [1.165, 1.54) is 0 Å². The van der Waals surface area contributed by atoms with Crippen molar-refractivity contribution in [3.8, 4) is 0 Å². The molecule has 0 amide bonds. The fraction of sp³-hybridized carbons (Fsp3) is 1.00. The maximum atomic E-state index is 13.1. The van der Waals surface area contributed by atoms with E-state index in [2.05, 4.69) is 41.5 Å². The molecule has 0 saturated heterocycles. The minimum atomic E-state index is -5.72. The van der Waals surface area contributed by atoms with Gasteiger partial charge in [-0.25, -0.2) is 0 Å². The van der Waals surface area contributed by atoms with Gasteiger partial charge in [-0.2, -0.15) is 26.3 Å². The van der Waals surface area contributed by atoms with Gasteiger partial charge >= 0.3 is 12.4 Å². The molecule has 1 nitrogen and oxygen atoms in total. The number of rotatable bonds is 3. The molecule has 1 unspecified atom stereocenters. The SMILES string of the molecule is CC(C)(C)CC(C1CCC(C(O)(C(F)(F)F)C(F)(F)F)CC1)C(C)(C)C. The zero-order valence-electron chi connectivity index (χ0n) is 16.5. The Bertz CT molecular complexity index is 444. The third-order valence-corrected chi connectivity index (χ3v) is 5.74. The van der Waals surface area contributed by atoms with Crippen molar-refractivity contribution in [3.05, 3.63) is 0 Å². The molecule has 0 aromatic carbocycles. The number of halogens is 6. The minimum absolute atomic E-state index is 0.0213. The van der Waals surface area contributed by atoms with Gasteiger partial charge in [-0.3, -0.25) is 0 Å². The van der Waals surface area contributed by atoms with Crippen molar-refractivity contribution in [2.45, 2.75) is 91.6 Å². The molecular weight excluding hydrogens is 358 g/mol. The molecule has 0 spiro atoms. The van der Waals surface area contributed by atoms with Gasteiger partial charge in [-0.1, -0.05) is 41.5 Å². The highest BCUT2D eigenvalue weighted by atomic mass is 19.4. The molecule has 1 fully saturated rings. The number of aliphatic hydroxyl groups is 1. The second-order valence-electron chi connectivity index (χ2n) is 10.1. The average molecular weight is 390 g/mol. The molecule has 1 N–H and O–H groups in total. The molecular formula is C19H32F6O. The first-order chi connectivity index (χ1) is 11.3. The Morgan fingerprint density at radius 3 is 1.42 bits per heavy atom. The van der Waals surface area contributed by atoms with Crippen molar-refractivity contribution in [1.82, 2.24) is 0 Å². The largest absolute Gasteiger partial charge is 0.426 e. The normalized spacial score (nSPS) is 25.3. The number of hydrogen-bond acceptors (Lipinski definition) is 1. The molecule has 1 saturated carbocycles. The van der Waals surface area contributed by atoms with Crippen LogP contribution in [0.25, 0.3) is 0 Å². The lowest BCUT2D eigenvalue weighted by atomic mass is 9.61. The molecule has 1 rings (SSSR count). The third kappa shape index (κ3) is 5.08. The van der Waals surface area contributed by atoms with Crippen LogP contribution in [0, 0.1) is 28.6 Å². The molecule has 0 aromatic heterocycles. The summed E-state index contributed by atoms with van der Waals surface area (Å²) in [6.07, 6.45) is -10.6. The summed E-state index contributed by atoms with van der Waals surface area (Å²) < 4.78 is 78.5. The lowest BCUT2D eigenvalue weighted by Gasteiger charge is -2.46. The average Bonchev–Trinajstić information content (AvgIpc) is 2.39. The Hall–Kier alpha value is -0.460. The summed E-state index contributed by atoms with van der Waals surface area (Å²) in [5, 5.41) is 9.63. The fourth-order valence-electron chi connectivity index (χ4n) is 4.40. The Balaban J connectivity index is 3.00. The van der Waals surface area contributed by atoms with Crippen molar-refractivity contribution in [2.75, 3.05) is 0 Å². The highest BCUT2D eigenvalue weighted by Crippen LogP contribution is 2.54. The van der Waals surface area contributed by atoms with Crippen LogP contribution in [-0.2, 0) is 0 Å². The number of hydrogen-bond donors (Lipinski definition) is 1. The smallest absolute Gasteiger partial charge is 0.373 e. The van der Waals surface area contributed by atoms with Crippen LogP contribution < -0.4 is 0 Å². The summed E-state index contributed by atoms with van der Waals surface area (Å²) in [4.78, 5) is 0. The summed E-state index contributed by atoms with van der Waals surface area (Å²) in [5.41, 5.74) is -4.69. The quantitative estimate of drug-likeness (QED) is 0.529. The zero-order chi connectivity index (χ0) is 20.8. The van der Waals surface area contributed by atoms with Crippen molar-refractivity contribution in [1.29, 1.82) is 0 Å². The number of alkyl halides is 6. The van der Waals surface area contributed by atoms with E-state index in [1.807, 2.05) is 0 Å². The van der Waals surface area contributed by atoms with Crippen LogP contribution in [0.15, 0.2) is 0 Å². The monoisotopic (exact) mass is 390 g/mol. The van der Waals surface area contributed by atoms with Gasteiger partial charge in [0.25, 0.3) is 5.60 Å². The van der Waals surface area contributed by atoms with E-state index in [9.17, 15) is 31.4 Å². The van der Waals surface area contributed by atoms with E-state index in [-0.39, 0.29) is 48.3 Å². The topological polar surface area (TPSA) is 20.2 Å². The van der Waals surface area contributed by atoms with Gasteiger partial charge < -0.3 is 5.11 Å². The molecule has 0 radical (unpaired) electrons. The molecule has 7 heteroatoms. The Morgan fingerprint density at radius 2 is 1.15 bits per heavy atom. The van der Waals surface area contributed by atoms with Gasteiger partial charge in [-0.05, 0) is 54.8 Å². The molecule has 1 atom stereocenters. The zero-order valence-corrected chi connectivity index (χ0v) is 16.5. The van der Waals surface area contributed by atoms with E-state index in [4.69, 9.17) is 0 Å². The van der Waals surface area contributed by atoms with Crippen molar-refractivity contribution >= 4 is 0 Å². The summed E-state index contributed by atoms with van der Waals surface area (Å²) in [7, 11) is 0. The van der Waals surface area contributed by atoms with Crippen molar-refractivity contribution in [2.24, 2.45) is 28.6 Å². The van der Waals surface area contributed by atoms with Crippen LogP contribution in [0.1, 0.15) is 73.6 Å². The first-order valence-electron chi connectivity index (χ1n) is 9.16. The Kier molecular flexibility index (Phi) is 6.51. The van der Waals surface area contributed by atoms with Crippen LogP contribution >= 0.6 is 0 Å². The first kappa shape index (κ1) is 23.6. The molecule has 0 aliphatic heterocycles. The lowest BCUT2D eigenvalue weighted by Crippen LogP contribution is -2.62. The standard InChI is InChI=1S/C19H32F6O/c1-15(2,3)11-14(16(4,5)6)12-7-9-13(10-8-12)17(26,18(20,21)22)19(23,24)25/h12-14,26H,7-11H2,1-6H3. The lowest BCUT2D eigenvalue weighted by molar-refractivity contribution is -0.387.